The number of nitrogens with two attached hydrogens (primary N) is 1. The van der Waals surface area contributed by atoms with Gasteiger partial charge in [0.1, 0.15) is 17.5 Å². The highest BCUT2D eigenvalue weighted by Crippen LogP contribution is 2.25. The lowest BCUT2D eigenvalue weighted by atomic mass is 10.2. The molecular weight excluding hydrogens is 414 g/mol. The fourth-order valence-corrected chi connectivity index (χ4v) is 3.67. The molecule has 3 N–H and O–H groups in total. The van der Waals surface area contributed by atoms with E-state index in [-0.39, 0.29) is 41.2 Å². The molecule has 0 atom stereocenters. The van der Waals surface area contributed by atoms with Gasteiger partial charge in [0.15, 0.2) is 5.69 Å². The number of anilines is 2. The Morgan fingerprint density at radius 1 is 1.30 bits per heavy atom. The van der Waals surface area contributed by atoms with E-state index in [1.807, 2.05) is 20.8 Å². The molecule has 30 heavy (non-hydrogen) atoms. The van der Waals surface area contributed by atoms with Gasteiger partial charge in [0.05, 0.1) is 5.75 Å². The van der Waals surface area contributed by atoms with Crippen molar-refractivity contribution in [3.8, 4) is 0 Å². The molecule has 0 aliphatic heterocycles. The average Bonchev–Trinajstić information content (AvgIpc) is 2.66. The van der Waals surface area contributed by atoms with Crippen molar-refractivity contribution in [2.45, 2.75) is 45.1 Å². The lowest BCUT2D eigenvalue weighted by Gasteiger charge is -2.24. The summed E-state index contributed by atoms with van der Waals surface area (Å²) < 4.78 is 28.2. The van der Waals surface area contributed by atoms with Gasteiger partial charge in [-0.15, -0.1) is 11.8 Å². The highest BCUT2D eigenvalue weighted by molar-refractivity contribution is 8.00. The minimum Gasteiger partial charge on any atom is -0.383 e. The van der Waals surface area contributed by atoms with Crippen LogP contribution in [0.25, 0.3) is 0 Å². The Hall–Kier alpha value is -2.62. The fourth-order valence-electron chi connectivity index (χ4n) is 2.87. The van der Waals surface area contributed by atoms with Crippen molar-refractivity contribution < 1.29 is 13.6 Å². The maximum atomic E-state index is 13.9. The van der Waals surface area contributed by atoms with Crippen LogP contribution in [0.3, 0.4) is 0 Å². The molecule has 0 aliphatic carbocycles. The monoisotopic (exact) mass is 440 g/mol. The number of thioether (sulfide) groups is 1. The van der Waals surface area contributed by atoms with Crippen LogP contribution in [-0.4, -0.2) is 27.8 Å². The molecule has 2 aromatic rings. The number of nitrogens with one attached hydrogen (secondary N) is 1. The molecule has 0 aliphatic rings. The molecule has 1 heterocycles. The Balaban J connectivity index is 2.38. The number of hydrogen-bond donors (Lipinski definition) is 2. The van der Waals surface area contributed by atoms with E-state index in [4.69, 9.17) is 5.73 Å². The van der Waals surface area contributed by atoms with Crippen LogP contribution < -0.4 is 21.9 Å². The molecule has 1 aromatic heterocycles. The van der Waals surface area contributed by atoms with Crippen molar-refractivity contribution in [1.82, 2.24) is 9.55 Å². The second-order valence-corrected chi connectivity index (χ2v) is 8.28. The number of carbonyl (C=O) groups is 1. The lowest BCUT2D eigenvalue weighted by Crippen LogP contribution is -2.42. The second kappa shape index (κ2) is 10.4. The predicted molar refractivity (Wildman–Crippen MR) is 115 cm³/mol. The van der Waals surface area contributed by atoms with E-state index in [1.54, 1.807) is 0 Å². The summed E-state index contributed by atoms with van der Waals surface area (Å²) in [6.07, 6.45) is 1.36. The first-order valence-electron chi connectivity index (χ1n) is 9.66. The summed E-state index contributed by atoms with van der Waals surface area (Å²) in [7, 11) is 0. The molecule has 7 nitrogen and oxygen atoms in total. The number of nitrogen functional groups attached to an aromatic ring is 1. The van der Waals surface area contributed by atoms with Crippen LogP contribution in [0.2, 0.25) is 0 Å². The molecule has 0 spiro atoms. The third kappa shape index (κ3) is 5.71. The predicted octanol–water partition coefficient (Wildman–Crippen LogP) is 2.98. The summed E-state index contributed by atoms with van der Waals surface area (Å²) in [6.45, 7) is 6.21. The number of amides is 1. The van der Waals surface area contributed by atoms with Gasteiger partial charge in [-0.05, 0) is 24.5 Å². The molecule has 1 amide bonds. The number of carbonyl (C=O) groups excluding carboxylic acids is 1. The number of benzene rings is 1. The van der Waals surface area contributed by atoms with Crippen LogP contribution in [0.5, 0.6) is 0 Å². The van der Waals surface area contributed by atoms with Crippen LogP contribution in [-0.2, 0) is 11.3 Å². The number of aromatic amines is 1. The van der Waals surface area contributed by atoms with Crippen molar-refractivity contribution in [2.75, 3.05) is 22.9 Å². The van der Waals surface area contributed by atoms with Crippen molar-refractivity contribution in [3.63, 3.8) is 0 Å². The zero-order valence-electron chi connectivity index (χ0n) is 17.2. The largest absolute Gasteiger partial charge is 0.383 e. The molecule has 0 unspecified atom stereocenters. The third-order valence-corrected chi connectivity index (χ3v) is 5.35. The van der Waals surface area contributed by atoms with Gasteiger partial charge in [0.25, 0.3) is 5.56 Å². The molecule has 2 rings (SSSR count). The van der Waals surface area contributed by atoms with Crippen LogP contribution in [0.4, 0.5) is 20.3 Å². The van der Waals surface area contributed by atoms with E-state index < -0.39 is 28.8 Å². The number of halogens is 2. The Morgan fingerprint density at radius 3 is 2.60 bits per heavy atom. The molecule has 0 saturated carbocycles. The molecule has 1 aromatic carbocycles. The topological polar surface area (TPSA) is 101 Å². The highest BCUT2D eigenvalue weighted by Gasteiger charge is 2.24. The van der Waals surface area contributed by atoms with Gasteiger partial charge in [0, 0.05) is 24.1 Å². The summed E-state index contributed by atoms with van der Waals surface area (Å²) in [6, 6.07) is 3.10. The van der Waals surface area contributed by atoms with Gasteiger partial charge in [-0.2, -0.15) is 0 Å². The van der Waals surface area contributed by atoms with Crippen molar-refractivity contribution >= 4 is 29.2 Å². The standard InChI is InChI=1S/C20H26F2N4O3S/c1-4-5-8-25(16(27)11-30-15-7-6-13(21)9-14(15)22)17-18(23)26(10-12(2)3)20(29)24-19(17)28/h6-7,9,12H,4-5,8,10-11,23H2,1-3H3,(H,24,28,29). The fraction of sp³-hybridized carbons (Fsp3) is 0.450. The Labute approximate surface area is 177 Å². The van der Waals surface area contributed by atoms with Crippen LogP contribution in [0.15, 0.2) is 32.7 Å². The quantitative estimate of drug-likeness (QED) is 0.584. The van der Waals surface area contributed by atoms with Crippen LogP contribution in [0, 0.1) is 17.6 Å². The Morgan fingerprint density at radius 2 is 2.00 bits per heavy atom. The minimum atomic E-state index is -0.768. The molecule has 164 valence electrons. The van der Waals surface area contributed by atoms with Gasteiger partial charge in [0.2, 0.25) is 5.91 Å². The highest BCUT2D eigenvalue weighted by atomic mass is 32.2. The molecule has 0 fully saturated rings. The Bertz CT molecular complexity index is 1020. The molecular formula is C20H26F2N4O3S. The first-order valence-corrected chi connectivity index (χ1v) is 10.6. The van der Waals surface area contributed by atoms with Crippen molar-refractivity contribution in [3.05, 3.63) is 50.7 Å². The normalized spacial score (nSPS) is 11.1. The van der Waals surface area contributed by atoms with Gasteiger partial charge >= 0.3 is 5.69 Å². The van der Waals surface area contributed by atoms with Gasteiger partial charge < -0.3 is 10.6 Å². The molecule has 0 radical (unpaired) electrons. The number of hydrogen-bond acceptors (Lipinski definition) is 5. The number of aromatic nitrogens is 2. The smallest absolute Gasteiger partial charge is 0.330 e. The van der Waals surface area contributed by atoms with Crippen LogP contribution in [0.1, 0.15) is 33.6 Å². The van der Waals surface area contributed by atoms with Crippen molar-refractivity contribution in [2.24, 2.45) is 5.92 Å². The first kappa shape index (κ1) is 23.7. The average molecular weight is 441 g/mol. The number of unbranched alkanes of at least 4 members (excludes halogenated alkanes) is 1. The minimum absolute atomic E-state index is 0.0835. The van der Waals surface area contributed by atoms with E-state index in [9.17, 15) is 23.2 Å². The van der Waals surface area contributed by atoms with Crippen molar-refractivity contribution in [1.29, 1.82) is 0 Å². The first-order chi connectivity index (χ1) is 14.1. The number of rotatable bonds is 9. The van der Waals surface area contributed by atoms with E-state index in [0.29, 0.717) is 6.42 Å². The molecule has 10 heteroatoms. The summed E-state index contributed by atoms with van der Waals surface area (Å²) >= 11 is 0.896. The summed E-state index contributed by atoms with van der Waals surface area (Å²) in [4.78, 5) is 41.2. The SMILES string of the molecule is CCCCN(C(=O)CSc1ccc(F)cc1F)c1c(N)n(CC(C)C)c(=O)[nH]c1=O. The van der Waals surface area contributed by atoms with E-state index >= 15 is 0 Å². The number of nitrogens with zero attached hydrogens (tertiary/aromatic N) is 2. The molecule has 0 saturated heterocycles. The molecule has 0 bridgehead atoms. The summed E-state index contributed by atoms with van der Waals surface area (Å²) in [5, 5.41) is 0. The van der Waals surface area contributed by atoms with E-state index in [1.165, 1.54) is 15.5 Å². The Kier molecular flexibility index (Phi) is 8.22. The van der Waals surface area contributed by atoms with Gasteiger partial charge in [-0.1, -0.05) is 27.2 Å². The zero-order valence-corrected chi connectivity index (χ0v) is 18.0. The number of H-pyrrole nitrogens is 1. The summed E-state index contributed by atoms with van der Waals surface area (Å²) in [5.74, 6) is -2.13. The summed E-state index contributed by atoms with van der Waals surface area (Å²) in [5.41, 5.74) is 4.65. The maximum Gasteiger partial charge on any atom is 0.330 e. The lowest BCUT2D eigenvalue weighted by molar-refractivity contribution is -0.116. The second-order valence-electron chi connectivity index (χ2n) is 7.26. The third-order valence-electron chi connectivity index (χ3n) is 4.31. The van der Waals surface area contributed by atoms with Crippen LogP contribution >= 0.6 is 11.8 Å². The van der Waals surface area contributed by atoms with E-state index in [2.05, 4.69) is 4.98 Å². The maximum absolute atomic E-state index is 13.9. The van der Waals surface area contributed by atoms with E-state index in [0.717, 1.165) is 30.3 Å². The van der Waals surface area contributed by atoms with Gasteiger partial charge in [-0.25, -0.2) is 13.6 Å². The zero-order chi connectivity index (χ0) is 22.4. The van der Waals surface area contributed by atoms with Gasteiger partial charge in [-0.3, -0.25) is 19.1 Å².